The summed E-state index contributed by atoms with van der Waals surface area (Å²) in [4.78, 5) is 24.0. The van der Waals surface area contributed by atoms with Gasteiger partial charge >= 0.3 is 0 Å². The van der Waals surface area contributed by atoms with Gasteiger partial charge in [0.25, 0.3) is 0 Å². The lowest BCUT2D eigenvalue weighted by Crippen LogP contribution is -2.39. The maximum Gasteiger partial charge on any atom is 0.239 e. The monoisotopic (exact) mass is 266 g/mol. The number of hydrogen-bond donors (Lipinski definition) is 2. The molecular formula is C13H18N2O2S. The molecule has 0 aliphatic heterocycles. The predicted octanol–water partition coefficient (Wildman–Crippen LogP) is 1.42. The fourth-order valence-corrected chi connectivity index (χ4v) is 2.24. The van der Waals surface area contributed by atoms with E-state index < -0.39 is 0 Å². The van der Waals surface area contributed by atoms with Crippen LogP contribution >= 0.6 is 11.8 Å². The van der Waals surface area contributed by atoms with Crippen molar-refractivity contribution >= 4 is 23.6 Å². The number of nitrogens with one attached hydrogen (secondary N) is 2. The fraction of sp³-hybridized carbons (Fsp3) is 0.385. The van der Waals surface area contributed by atoms with Crippen LogP contribution in [0.2, 0.25) is 0 Å². The number of hydrogen-bond acceptors (Lipinski definition) is 3. The number of carbonyl (C=O) groups is 2. The molecular weight excluding hydrogens is 248 g/mol. The van der Waals surface area contributed by atoms with Crippen LogP contribution in [-0.4, -0.2) is 30.2 Å². The Morgan fingerprint density at radius 3 is 2.50 bits per heavy atom. The Balaban J connectivity index is 2.35. The Morgan fingerprint density at radius 1 is 1.22 bits per heavy atom. The van der Waals surface area contributed by atoms with Crippen LogP contribution in [-0.2, 0) is 9.59 Å². The molecule has 0 fully saturated rings. The van der Waals surface area contributed by atoms with E-state index in [9.17, 15) is 9.59 Å². The van der Waals surface area contributed by atoms with Gasteiger partial charge in [0, 0.05) is 11.4 Å². The summed E-state index contributed by atoms with van der Waals surface area (Å²) in [7, 11) is 0. The zero-order valence-electron chi connectivity index (χ0n) is 10.6. The first-order chi connectivity index (χ1) is 8.63. The van der Waals surface area contributed by atoms with Crippen molar-refractivity contribution in [1.29, 1.82) is 0 Å². The van der Waals surface area contributed by atoms with Gasteiger partial charge in [0.2, 0.25) is 11.8 Å². The van der Waals surface area contributed by atoms with Gasteiger partial charge in [-0.15, -0.1) is 11.8 Å². The second-order valence-corrected chi connectivity index (χ2v) is 5.16. The molecule has 0 radical (unpaired) electrons. The van der Waals surface area contributed by atoms with Crippen molar-refractivity contribution < 1.29 is 9.59 Å². The molecule has 0 heterocycles. The summed E-state index contributed by atoms with van der Waals surface area (Å²) in [5.74, 6) is -0.294. The van der Waals surface area contributed by atoms with Gasteiger partial charge in [0.1, 0.15) is 0 Å². The molecule has 0 spiro atoms. The van der Waals surface area contributed by atoms with Crippen LogP contribution in [0.4, 0.5) is 0 Å². The van der Waals surface area contributed by atoms with E-state index in [0.29, 0.717) is 6.54 Å². The molecule has 0 aromatic heterocycles. The predicted molar refractivity (Wildman–Crippen MR) is 73.5 cm³/mol. The van der Waals surface area contributed by atoms with E-state index in [0.717, 1.165) is 4.90 Å². The molecule has 5 heteroatoms. The summed E-state index contributed by atoms with van der Waals surface area (Å²) in [6, 6.07) is 9.71. The molecule has 1 aromatic carbocycles. The van der Waals surface area contributed by atoms with Gasteiger partial charge in [-0.05, 0) is 26.0 Å². The number of rotatable bonds is 6. The SMILES string of the molecule is CCNC(=O)CNC(=O)[C@H](C)Sc1ccccc1. The normalized spacial score (nSPS) is 11.7. The van der Waals surface area contributed by atoms with Crippen LogP contribution in [0, 0.1) is 0 Å². The number of amides is 2. The van der Waals surface area contributed by atoms with E-state index in [4.69, 9.17) is 0 Å². The van der Waals surface area contributed by atoms with Crippen LogP contribution < -0.4 is 10.6 Å². The Kier molecular flexibility index (Phi) is 6.28. The molecule has 0 aliphatic rings. The first kappa shape index (κ1) is 14.6. The third-order valence-corrected chi connectivity index (χ3v) is 3.33. The van der Waals surface area contributed by atoms with Crippen molar-refractivity contribution in [2.75, 3.05) is 13.1 Å². The van der Waals surface area contributed by atoms with Crippen molar-refractivity contribution in [2.24, 2.45) is 0 Å². The molecule has 1 rings (SSSR count). The highest BCUT2D eigenvalue weighted by molar-refractivity contribution is 8.00. The van der Waals surface area contributed by atoms with E-state index in [-0.39, 0.29) is 23.6 Å². The first-order valence-electron chi connectivity index (χ1n) is 5.89. The molecule has 1 atom stereocenters. The smallest absolute Gasteiger partial charge is 0.239 e. The lowest BCUT2D eigenvalue weighted by atomic mass is 10.4. The van der Waals surface area contributed by atoms with Gasteiger partial charge in [-0.3, -0.25) is 9.59 Å². The van der Waals surface area contributed by atoms with Gasteiger partial charge < -0.3 is 10.6 Å². The Labute approximate surface area is 112 Å². The number of benzene rings is 1. The van der Waals surface area contributed by atoms with Crippen molar-refractivity contribution in [3.05, 3.63) is 30.3 Å². The summed E-state index contributed by atoms with van der Waals surface area (Å²) < 4.78 is 0. The molecule has 0 saturated heterocycles. The van der Waals surface area contributed by atoms with Gasteiger partial charge in [-0.25, -0.2) is 0 Å². The van der Waals surface area contributed by atoms with E-state index in [2.05, 4.69) is 10.6 Å². The Morgan fingerprint density at radius 2 is 1.89 bits per heavy atom. The average Bonchev–Trinajstić information content (AvgIpc) is 2.37. The minimum Gasteiger partial charge on any atom is -0.355 e. The van der Waals surface area contributed by atoms with Crippen LogP contribution in [0.3, 0.4) is 0 Å². The average molecular weight is 266 g/mol. The van der Waals surface area contributed by atoms with E-state index in [1.54, 1.807) is 0 Å². The number of likely N-dealkylation sites (N-methyl/N-ethyl adjacent to an activating group) is 1. The molecule has 18 heavy (non-hydrogen) atoms. The third kappa shape index (κ3) is 5.23. The quantitative estimate of drug-likeness (QED) is 0.766. The second-order valence-electron chi connectivity index (χ2n) is 3.74. The third-order valence-electron chi connectivity index (χ3n) is 2.22. The summed E-state index contributed by atoms with van der Waals surface area (Å²) in [5.41, 5.74) is 0. The summed E-state index contributed by atoms with van der Waals surface area (Å²) >= 11 is 1.47. The molecule has 0 unspecified atom stereocenters. The second kappa shape index (κ2) is 7.76. The largest absolute Gasteiger partial charge is 0.355 e. The molecule has 0 saturated carbocycles. The maximum absolute atomic E-state index is 11.7. The highest BCUT2D eigenvalue weighted by Gasteiger charge is 2.14. The molecule has 0 bridgehead atoms. The minimum atomic E-state index is -0.221. The van der Waals surface area contributed by atoms with Gasteiger partial charge in [-0.1, -0.05) is 18.2 Å². The zero-order chi connectivity index (χ0) is 13.4. The zero-order valence-corrected chi connectivity index (χ0v) is 11.4. The van der Waals surface area contributed by atoms with Gasteiger partial charge in [0.05, 0.1) is 11.8 Å². The Hall–Kier alpha value is -1.49. The summed E-state index contributed by atoms with van der Waals surface area (Å²) in [5, 5.41) is 5.02. The van der Waals surface area contributed by atoms with Crippen LogP contribution in [0.15, 0.2) is 35.2 Å². The van der Waals surface area contributed by atoms with Crippen molar-refractivity contribution in [1.82, 2.24) is 10.6 Å². The van der Waals surface area contributed by atoms with Crippen LogP contribution in [0.1, 0.15) is 13.8 Å². The lowest BCUT2D eigenvalue weighted by molar-refractivity contribution is -0.125. The molecule has 98 valence electrons. The van der Waals surface area contributed by atoms with Crippen LogP contribution in [0.25, 0.3) is 0 Å². The van der Waals surface area contributed by atoms with Gasteiger partial charge in [0.15, 0.2) is 0 Å². The van der Waals surface area contributed by atoms with Crippen molar-refractivity contribution in [3.63, 3.8) is 0 Å². The minimum absolute atomic E-state index is 0.0341. The fourth-order valence-electron chi connectivity index (χ4n) is 1.33. The number of thioether (sulfide) groups is 1. The van der Waals surface area contributed by atoms with E-state index in [1.165, 1.54) is 11.8 Å². The highest BCUT2D eigenvalue weighted by Crippen LogP contribution is 2.22. The lowest BCUT2D eigenvalue weighted by Gasteiger charge is -2.11. The number of carbonyl (C=O) groups excluding carboxylic acids is 2. The highest BCUT2D eigenvalue weighted by atomic mass is 32.2. The van der Waals surface area contributed by atoms with Crippen LogP contribution in [0.5, 0.6) is 0 Å². The Bertz CT molecular complexity index is 395. The summed E-state index contributed by atoms with van der Waals surface area (Å²) in [6.07, 6.45) is 0. The molecule has 2 N–H and O–H groups in total. The van der Waals surface area contributed by atoms with Gasteiger partial charge in [-0.2, -0.15) is 0 Å². The molecule has 4 nitrogen and oxygen atoms in total. The first-order valence-corrected chi connectivity index (χ1v) is 6.77. The maximum atomic E-state index is 11.7. The van der Waals surface area contributed by atoms with Crippen molar-refractivity contribution in [3.8, 4) is 0 Å². The molecule has 2 amide bonds. The standard InChI is InChI=1S/C13H18N2O2S/c1-3-14-12(16)9-15-13(17)10(2)18-11-7-5-4-6-8-11/h4-8,10H,3,9H2,1-2H3,(H,14,16)(H,15,17)/t10-/m0/s1. The molecule has 0 aliphatic carbocycles. The van der Waals surface area contributed by atoms with Crippen molar-refractivity contribution in [2.45, 2.75) is 24.0 Å². The van der Waals surface area contributed by atoms with E-state index in [1.807, 2.05) is 44.2 Å². The topological polar surface area (TPSA) is 58.2 Å². The van der Waals surface area contributed by atoms with E-state index >= 15 is 0 Å². The summed E-state index contributed by atoms with van der Waals surface area (Å²) in [6.45, 7) is 4.27. The molecule has 1 aromatic rings.